The molecule has 0 aliphatic carbocycles. The Morgan fingerprint density at radius 2 is 2.18 bits per heavy atom. The molecule has 1 aromatic heterocycles. The molecule has 0 amide bonds. The summed E-state index contributed by atoms with van der Waals surface area (Å²) in [6, 6.07) is 1.88. The lowest BCUT2D eigenvalue weighted by Gasteiger charge is -2.31. The van der Waals surface area contributed by atoms with Crippen molar-refractivity contribution in [2.24, 2.45) is 0 Å². The highest BCUT2D eigenvalue weighted by atomic mass is 79.9. The molecule has 1 atom stereocenters. The van der Waals surface area contributed by atoms with E-state index >= 15 is 0 Å². The Morgan fingerprint density at radius 1 is 1.47 bits per heavy atom. The van der Waals surface area contributed by atoms with E-state index in [-0.39, 0.29) is 6.04 Å². The van der Waals surface area contributed by atoms with Crippen LogP contribution in [0.3, 0.4) is 0 Å². The van der Waals surface area contributed by atoms with Crippen molar-refractivity contribution in [3.63, 3.8) is 0 Å². The van der Waals surface area contributed by atoms with E-state index in [4.69, 9.17) is 0 Å². The van der Waals surface area contributed by atoms with E-state index in [1.165, 1.54) is 11.3 Å². The molecule has 0 bridgehead atoms. The molecule has 1 aromatic rings. The Balaban J connectivity index is 2.35. The molecule has 2 heterocycles. The Labute approximate surface area is 115 Å². The van der Waals surface area contributed by atoms with Crippen LogP contribution in [0.25, 0.3) is 0 Å². The molecule has 6 heteroatoms. The topological polar surface area (TPSA) is 37.4 Å². The average molecular weight is 338 g/mol. The Hall–Kier alpha value is 0.0900. The van der Waals surface area contributed by atoms with Crippen molar-refractivity contribution in [3.8, 4) is 0 Å². The second-order valence-corrected chi connectivity index (χ2v) is 8.97. The molecule has 0 saturated carbocycles. The molecule has 0 spiro atoms. The zero-order valence-corrected chi connectivity index (χ0v) is 13.2. The molecule has 0 radical (unpaired) electrons. The van der Waals surface area contributed by atoms with Crippen LogP contribution in [0.4, 0.5) is 0 Å². The third-order valence-corrected chi connectivity index (χ3v) is 7.74. The summed E-state index contributed by atoms with van der Waals surface area (Å²) in [5.41, 5.74) is 0.984. The highest BCUT2D eigenvalue weighted by Crippen LogP contribution is 2.34. The fourth-order valence-electron chi connectivity index (χ4n) is 2.10. The van der Waals surface area contributed by atoms with Crippen molar-refractivity contribution in [1.82, 2.24) is 4.31 Å². The normalized spacial score (nSPS) is 22.9. The smallest absolute Gasteiger partial charge is 0.206 e. The van der Waals surface area contributed by atoms with Crippen LogP contribution in [0.15, 0.2) is 14.1 Å². The average Bonchev–Trinajstić information content (AvgIpc) is 2.60. The standard InChI is InChI=1S/C11H16BrNO2S2/c1-8-7-10(16-11(8)12)17(14,15)13-6-4-3-5-9(13)2/h7,9H,3-6H2,1-2H3. The Bertz CT molecular complexity index is 490. The first-order valence-corrected chi connectivity index (χ1v) is 8.75. The first-order valence-electron chi connectivity index (χ1n) is 5.70. The molecule has 1 saturated heterocycles. The number of hydrogen-bond donors (Lipinski definition) is 0. The monoisotopic (exact) mass is 337 g/mol. The van der Waals surface area contributed by atoms with Gasteiger partial charge < -0.3 is 0 Å². The zero-order valence-electron chi connectivity index (χ0n) is 9.94. The molecule has 1 unspecified atom stereocenters. The van der Waals surface area contributed by atoms with Gasteiger partial charge >= 0.3 is 0 Å². The summed E-state index contributed by atoms with van der Waals surface area (Å²) in [4.78, 5) is 0. The lowest BCUT2D eigenvalue weighted by atomic mass is 10.1. The number of halogens is 1. The SMILES string of the molecule is Cc1cc(S(=O)(=O)N2CCCCC2C)sc1Br. The molecule has 1 fully saturated rings. The molecule has 2 rings (SSSR count). The summed E-state index contributed by atoms with van der Waals surface area (Å²) >= 11 is 4.69. The molecule has 3 nitrogen and oxygen atoms in total. The van der Waals surface area contributed by atoms with Crippen molar-refractivity contribution in [2.45, 2.75) is 43.4 Å². The van der Waals surface area contributed by atoms with Gasteiger partial charge in [0.1, 0.15) is 4.21 Å². The highest BCUT2D eigenvalue weighted by molar-refractivity contribution is 9.11. The van der Waals surface area contributed by atoms with Crippen LogP contribution < -0.4 is 0 Å². The Kier molecular flexibility index (Phi) is 3.97. The fourth-order valence-corrected chi connectivity index (χ4v) is 6.16. The van der Waals surface area contributed by atoms with Crippen molar-refractivity contribution in [1.29, 1.82) is 0 Å². The molecule has 96 valence electrons. The second kappa shape index (κ2) is 4.99. The summed E-state index contributed by atoms with van der Waals surface area (Å²) in [5.74, 6) is 0. The first-order chi connectivity index (χ1) is 7.93. The van der Waals surface area contributed by atoms with Crippen LogP contribution in [0.1, 0.15) is 31.7 Å². The van der Waals surface area contributed by atoms with Crippen LogP contribution in [0, 0.1) is 6.92 Å². The van der Waals surface area contributed by atoms with E-state index < -0.39 is 10.0 Å². The minimum Gasteiger partial charge on any atom is -0.206 e. The summed E-state index contributed by atoms with van der Waals surface area (Å²) in [6.07, 6.45) is 3.06. The van der Waals surface area contributed by atoms with Crippen molar-refractivity contribution in [2.75, 3.05) is 6.54 Å². The maximum absolute atomic E-state index is 12.5. The lowest BCUT2D eigenvalue weighted by Crippen LogP contribution is -2.41. The van der Waals surface area contributed by atoms with Crippen LogP contribution in [0.2, 0.25) is 0 Å². The molecular formula is C11H16BrNO2S2. The zero-order chi connectivity index (χ0) is 12.6. The van der Waals surface area contributed by atoms with Gasteiger partial charge in [-0.1, -0.05) is 6.42 Å². The molecular weight excluding hydrogens is 322 g/mol. The van der Waals surface area contributed by atoms with Gasteiger partial charge in [-0.2, -0.15) is 4.31 Å². The lowest BCUT2D eigenvalue weighted by molar-refractivity contribution is 0.269. The van der Waals surface area contributed by atoms with Gasteiger partial charge in [0.05, 0.1) is 3.79 Å². The third-order valence-electron chi connectivity index (χ3n) is 3.14. The van der Waals surface area contributed by atoms with Gasteiger partial charge in [-0.05, 0) is 54.2 Å². The summed E-state index contributed by atoms with van der Waals surface area (Å²) < 4.78 is 28.0. The van der Waals surface area contributed by atoms with E-state index in [0.717, 1.165) is 28.6 Å². The number of rotatable bonds is 2. The molecule has 17 heavy (non-hydrogen) atoms. The van der Waals surface area contributed by atoms with E-state index in [1.807, 2.05) is 13.8 Å². The van der Waals surface area contributed by atoms with Crippen LogP contribution in [-0.2, 0) is 10.0 Å². The fraction of sp³-hybridized carbons (Fsp3) is 0.636. The predicted molar refractivity (Wildman–Crippen MR) is 74.0 cm³/mol. The number of thiophene rings is 1. The van der Waals surface area contributed by atoms with Crippen LogP contribution in [0.5, 0.6) is 0 Å². The largest absolute Gasteiger partial charge is 0.252 e. The van der Waals surface area contributed by atoms with Gasteiger partial charge in [0.15, 0.2) is 0 Å². The maximum Gasteiger partial charge on any atom is 0.252 e. The molecule has 1 aliphatic heterocycles. The van der Waals surface area contributed by atoms with E-state index in [0.29, 0.717) is 10.8 Å². The first kappa shape index (κ1) is 13.5. The van der Waals surface area contributed by atoms with Gasteiger partial charge in [-0.15, -0.1) is 11.3 Å². The third kappa shape index (κ3) is 2.59. The van der Waals surface area contributed by atoms with Crippen molar-refractivity contribution >= 4 is 37.3 Å². The number of hydrogen-bond acceptors (Lipinski definition) is 3. The molecule has 0 N–H and O–H groups in total. The second-order valence-electron chi connectivity index (χ2n) is 4.48. The van der Waals surface area contributed by atoms with Gasteiger partial charge in [0, 0.05) is 12.6 Å². The minimum atomic E-state index is -3.29. The van der Waals surface area contributed by atoms with E-state index in [1.54, 1.807) is 10.4 Å². The number of aryl methyl sites for hydroxylation is 1. The van der Waals surface area contributed by atoms with Gasteiger partial charge in [0.2, 0.25) is 0 Å². The van der Waals surface area contributed by atoms with Gasteiger partial charge in [-0.25, -0.2) is 8.42 Å². The summed E-state index contributed by atoms with van der Waals surface area (Å²) in [7, 11) is -3.29. The molecule has 1 aliphatic rings. The van der Waals surface area contributed by atoms with Crippen molar-refractivity contribution in [3.05, 3.63) is 15.4 Å². The van der Waals surface area contributed by atoms with Gasteiger partial charge in [-0.3, -0.25) is 0 Å². The number of sulfonamides is 1. The minimum absolute atomic E-state index is 0.120. The maximum atomic E-state index is 12.5. The summed E-state index contributed by atoms with van der Waals surface area (Å²) in [6.45, 7) is 4.56. The quantitative estimate of drug-likeness (QED) is 0.829. The molecule has 0 aromatic carbocycles. The van der Waals surface area contributed by atoms with E-state index in [2.05, 4.69) is 15.9 Å². The van der Waals surface area contributed by atoms with Gasteiger partial charge in [0.25, 0.3) is 10.0 Å². The van der Waals surface area contributed by atoms with E-state index in [9.17, 15) is 8.42 Å². The van der Waals surface area contributed by atoms with Crippen LogP contribution in [-0.4, -0.2) is 25.3 Å². The Morgan fingerprint density at radius 3 is 2.71 bits per heavy atom. The summed E-state index contributed by atoms with van der Waals surface area (Å²) in [5, 5.41) is 0. The highest BCUT2D eigenvalue weighted by Gasteiger charge is 2.32. The number of nitrogens with zero attached hydrogens (tertiary/aromatic N) is 1. The number of piperidine rings is 1. The van der Waals surface area contributed by atoms with Crippen molar-refractivity contribution < 1.29 is 8.42 Å². The van der Waals surface area contributed by atoms with Crippen LogP contribution >= 0.6 is 27.3 Å². The predicted octanol–water partition coefficient (Wildman–Crippen LogP) is 3.38.